The van der Waals surface area contributed by atoms with E-state index in [1.165, 1.54) is 70.0 Å². The molecule has 0 bridgehead atoms. The Morgan fingerprint density at radius 3 is 2.09 bits per heavy atom. The number of anilines is 3. The van der Waals surface area contributed by atoms with Crippen molar-refractivity contribution in [1.29, 1.82) is 0 Å². The van der Waals surface area contributed by atoms with E-state index in [1.54, 1.807) is 0 Å². The van der Waals surface area contributed by atoms with Crippen LogP contribution in [0.1, 0.15) is 25.0 Å². The number of hydrogen-bond donors (Lipinski definition) is 0. The molecule has 7 aromatic carbocycles. The fraction of sp³-hybridized carbons (Fsp3) is 0.0698. The Morgan fingerprint density at radius 1 is 0.467 bits per heavy atom. The number of hydrogen-bond acceptors (Lipinski definition) is 2. The van der Waals surface area contributed by atoms with E-state index >= 15 is 0 Å². The van der Waals surface area contributed by atoms with Crippen LogP contribution >= 0.6 is 11.3 Å². The Hall–Kier alpha value is -5.18. The third-order valence-corrected chi connectivity index (χ3v) is 10.8. The first-order chi connectivity index (χ1) is 22.1. The molecule has 214 valence electrons. The van der Waals surface area contributed by atoms with Gasteiger partial charge in [-0.25, -0.2) is 0 Å². The number of thiophene rings is 1. The van der Waals surface area contributed by atoms with Crippen LogP contribution in [0, 0.1) is 0 Å². The van der Waals surface area contributed by atoms with Gasteiger partial charge in [-0.2, -0.15) is 0 Å². The zero-order valence-corrected chi connectivity index (χ0v) is 26.1. The first-order valence-corrected chi connectivity index (χ1v) is 16.4. The van der Waals surface area contributed by atoms with Crippen LogP contribution < -0.4 is 4.90 Å². The Labute approximate surface area is 267 Å². The molecule has 2 heteroatoms. The van der Waals surface area contributed by atoms with Gasteiger partial charge in [0.15, 0.2) is 0 Å². The highest BCUT2D eigenvalue weighted by Gasteiger charge is 2.35. The van der Waals surface area contributed by atoms with Gasteiger partial charge < -0.3 is 4.90 Å². The maximum Gasteiger partial charge on any atom is 0.0540 e. The maximum absolute atomic E-state index is 2.44. The molecule has 0 saturated heterocycles. The lowest BCUT2D eigenvalue weighted by molar-refractivity contribution is 0.660. The first-order valence-electron chi connectivity index (χ1n) is 15.6. The maximum atomic E-state index is 2.44. The molecule has 9 rings (SSSR count). The molecule has 45 heavy (non-hydrogen) atoms. The van der Waals surface area contributed by atoms with Crippen molar-refractivity contribution >= 4 is 59.3 Å². The molecule has 0 N–H and O–H groups in total. The number of benzene rings is 7. The fourth-order valence-corrected chi connectivity index (χ4v) is 8.49. The highest BCUT2D eigenvalue weighted by Crippen LogP contribution is 2.51. The van der Waals surface area contributed by atoms with E-state index in [4.69, 9.17) is 0 Å². The Balaban J connectivity index is 1.25. The second kappa shape index (κ2) is 9.92. The summed E-state index contributed by atoms with van der Waals surface area (Å²) in [5, 5.41) is 5.12. The van der Waals surface area contributed by atoms with Gasteiger partial charge in [0.25, 0.3) is 0 Å². The molecule has 1 nitrogen and oxygen atoms in total. The van der Waals surface area contributed by atoms with Crippen LogP contribution in [0.15, 0.2) is 152 Å². The molecular formula is C43H31NS. The highest BCUT2D eigenvalue weighted by molar-refractivity contribution is 7.25. The SMILES string of the molecule is CC1(C)c2ccccc2-c2cc(N(c3cccc(-c4ccc5sc6ccccc6c5c4)c3)c3cccc4ccccc34)ccc21. The van der Waals surface area contributed by atoms with Crippen LogP contribution in [0.2, 0.25) is 0 Å². The first kappa shape index (κ1) is 26.2. The number of nitrogens with zero attached hydrogens (tertiary/aromatic N) is 1. The lowest BCUT2D eigenvalue weighted by atomic mass is 9.82. The minimum Gasteiger partial charge on any atom is -0.310 e. The van der Waals surface area contributed by atoms with Crippen molar-refractivity contribution in [2.45, 2.75) is 19.3 Å². The standard InChI is InChI=1S/C43H31NS/c1-43(2)38-18-7-5-16-34(38)36-27-32(22-23-39(36)43)44(40-19-10-12-28-11-3-4-15-33(28)40)31-14-9-13-29(25-31)30-21-24-42-37(26-30)35-17-6-8-20-41(35)45-42/h3-27H,1-2H3. The molecule has 0 atom stereocenters. The normalized spacial score (nSPS) is 13.3. The molecule has 0 saturated carbocycles. The van der Waals surface area contributed by atoms with Gasteiger partial charge in [-0.15, -0.1) is 11.3 Å². The van der Waals surface area contributed by atoms with E-state index in [1.807, 2.05) is 11.3 Å². The fourth-order valence-electron chi connectivity index (χ4n) is 7.41. The van der Waals surface area contributed by atoms with Gasteiger partial charge >= 0.3 is 0 Å². The Kier molecular flexibility index (Phi) is 5.78. The van der Waals surface area contributed by atoms with Crippen molar-refractivity contribution in [2.75, 3.05) is 4.90 Å². The van der Waals surface area contributed by atoms with Crippen molar-refractivity contribution in [3.63, 3.8) is 0 Å². The van der Waals surface area contributed by atoms with E-state index in [-0.39, 0.29) is 5.41 Å². The van der Waals surface area contributed by atoms with Crippen LogP contribution in [-0.4, -0.2) is 0 Å². The van der Waals surface area contributed by atoms with Crippen molar-refractivity contribution < 1.29 is 0 Å². The van der Waals surface area contributed by atoms with Crippen molar-refractivity contribution in [2.24, 2.45) is 0 Å². The number of fused-ring (bicyclic) bond motifs is 7. The minimum absolute atomic E-state index is 0.0287. The summed E-state index contributed by atoms with van der Waals surface area (Å²) in [6, 6.07) is 56.0. The zero-order chi connectivity index (χ0) is 30.1. The van der Waals surface area contributed by atoms with E-state index in [2.05, 4.69) is 170 Å². The lowest BCUT2D eigenvalue weighted by Crippen LogP contribution is -2.15. The Bertz CT molecular complexity index is 2420. The van der Waals surface area contributed by atoms with Crippen LogP contribution in [-0.2, 0) is 5.41 Å². The molecule has 0 aliphatic heterocycles. The molecule has 1 aliphatic carbocycles. The van der Waals surface area contributed by atoms with Gasteiger partial charge in [-0.1, -0.05) is 117 Å². The largest absolute Gasteiger partial charge is 0.310 e. The minimum atomic E-state index is -0.0287. The Morgan fingerprint density at radius 2 is 1.16 bits per heavy atom. The topological polar surface area (TPSA) is 3.24 Å². The molecule has 8 aromatic rings. The lowest BCUT2D eigenvalue weighted by Gasteiger charge is -2.28. The molecule has 0 unspecified atom stereocenters. The monoisotopic (exact) mass is 593 g/mol. The highest BCUT2D eigenvalue weighted by atomic mass is 32.1. The van der Waals surface area contributed by atoms with E-state index in [9.17, 15) is 0 Å². The van der Waals surface area contributed by atoms with Crippen LogP contribution in [0.4, 0.5) is 17.1 Å². The van der Waals surface area contributed by atoms with Crippen molar-refractivity contribution in [3.05, 3.63) is 163 Å². The van der Waals surface area contributed by atoms with Crippen molar-refractivity contribution in [1.82, 2.24) is 0 Å². The second-order valence-electron chi connectivity index (χ2n) is 12.6. The third-order valence-electron chi connectivity index (χ3n) is 9.65. The summed E-state index contributed by atoms with van der Waals surface area (Å²) in [6.45, 7) is 4.69. The summed E-state index contributed by atoms with van der Waals surface area (Å²) in [6.07, 6.45) is 0. The molecule has 1 aliphatic rings. The molecule has 0 amide bonds. The second-order valence-corrected chi connectivity index (χ2v) is 13.7. The van der Waals surface area contributed by atoms with E-state index in [0.29, 0.717) is 0 Å². The summed E-state index contributed by atoms with van der Waals surface area (Å²) in [4.78, 5) is 2.44. The summed E-state index contributed by atoms with van der Waals surface area (Å²) in [5.41, 5.74) is 11.3. The van der Waals surface area contributed by atoms with Gasteiger partial charge in [0, 0.05) is 42.3 Å². The summed E-state index contributed by atoms with van der Waals surface area (Å²) in [7, 11) is 0. The van der Waals surface area contributed by atoms with Crippen LogP contribution in [0.25, 0.3) is 53.2 Å². The summed E-state index contributed by atoms with van der Waals surface area (Å²) in [5.74, 6) is 0. The smallest absolute Gasteiger partial charge is 0.0540 e. The zero-order valence-electron chi connectivity index (χ0n) is 25.3. The predicted octanol–water partition coefficient (Wildman–Crippen LogP) is 12.7. The van der Waals surface area contributed by atoms with Gasteiger partial charge in [-0.3, -0.25) is 0 Å². The average molecular weight is 594 g/mol. The molecule has 1 aromatic heterocycles. The molecule has 0 spiro atoms. The molecular weight excluding hydrogens is 563 g/mol. The van der Waals surface area contributed by atoms with Gasteiger partial charge in [-0.05, 0) is 87.3 Å². The average Bonchev–Trinajstić information content (AvgIpc) is 3.57. The summed E-state index contributed by atoms with van der Waals surface area (Å²) >= 11 is 1.87. The molecule has 1 heterocycles. The van der Waals surface area contributed by atoms with Crippen LogP contribution in [0.3, 0.4) is 0 Å². The molecule has 0 radical (unpaired) electrons. The van der Waals surface area contributed by atoms with Crippen LogP contribution in [0.5, 0.6) is 0 Å². The third kappa shape index (κ3) is 4.06. The predicted molar refractivity (Wildman–Crippen MR) is 195 cm³/mol. The number of rotatable bonds is 4. The van der Waals surface area contributed by atoms with Gasteiger partial charge in [0.2, 0.25) is 0 Å². The van der Waals surface area contributed by atoms with Gasteiger partial charge in [0.1, 0.15) is 0 Å². The quantitative estimate of drug-likeness (QED) is 0.196. The van der Waals surface area contributed by atoms with E-state index < -0.39 is 0 Å². The van der Waals surface area contributed by atoms with E-state index in [0.717, 1.165) is 11.4 Å². The molecule has 0 fully saturated rings. The summed E-state index contributed by atoms with van der Waals surface area (Å²) < 4.78 is 2.66. The van der Waals surface area contributed by atoms with Gasteiger partial charge in [0.05, 0.1) is 5.69 Å². The van der Waals surface area contributed by atoms with Crippen molar-refractivity contribution in [3.8, 4) is 22.3 Å².